The SMILES string of the molecule is CC(C)CCNc1nc(Nc2cccc(C(=O)NCCOCCOCCN)c2)nc(NC2CCCCC2)n1. The highest BCUT2D eigenvalue weighted by Crippen LogP contribution is 2.22. The van der Waals surface area contributed by atoms with Gasteiger partial charge in [0.1, 0.15) is 0 Å². The van der Waals surface area contributed by atoms with E-state index < -0.39 is 0 Å². The molecule has 0 spiro atoms. The van der Waals surface area contributed by atoms with E-state index in [1.165, 1.54) is 19.3 Å². The number of carbonyl (C=O) groups is 1. The Hall–Kier alpha value is -3.02. The van der Waals surface area contributed by atoms with Gasteiger partial charge in [-0.25, -0.2) is 0 Å². The van der Waals surface area contributed by atoms with Gasteiger partial charge in [0.2, 0.25) is 17.8 Å². The first-order valence-electron chi connectivity index (χ1n) is 13.8. The van der Waals surface area contributed by atoms with Crippen molar-refractivity contribution >= 4 is 29.4 Å². The molecule has 1 amide bonds. The summed E-state index contributed by atoms with van der Waals surface area (Å²) >= 11 is 0. The molecule has 0 bridgehead atoms. The molecule has 1 aromatic carbocycles. The number of amides is 1. The lowest BCUT2D eigenvalue weighted by atomic mass is 9.96. The van der Waals surface area contributed by atoms with E-state index in [0.29, 0.717) is 80.6 Å². The predicted octanol–water partition coefficient (Wildman–Crippen LogP) is 3.54. The van der Waals surface area contributed by atoms with Crippen LogP contribution >= 0.6 is 0 Å². The number of aromatic nitrogens is 3. The molecule has 11 heteroatoms. The number of hydrogen-bond acceptors (Lipinski definition) is 10. The first-order chi connectivity index (χ1) is 18.5. The standard InChI is InChI=1S/C27H44N8O3/c1-20(2)11-13-30-25-33-26(31-22-8-4-3-5-9-22)35-27(34-25)32-23-10-6-7-21(19-23)24(36)29-14-16-38-18-17-37-15-12-28/h6-7,10,19-20,22H,3-5,8-9,11-18,28H2,1-2H3,(H,29,36)(H3,30,31,32,33,34,35). The van der Waals surface area contributed by atoms with Crippen molar-refractivity contribution in [2.24, 2.45) is 11.7 Å². The van der Waals surface area contributed by atoms with Crippen LogP contribution in [0.3, 0.4) is 0 Å². The Morgan fingerprint density at radius 2 is 1.71 bits per heavy atom. The second-order valence-corrected chi connectivity index (χ2v) is 9.87. The van der Waals surface area contributed by atoms with E-state index >= 15 is 0 Å². The minimum absolute atomic E-state index is 0.178. The van der Waals surface area contributed by atoms with Gasteiger partial charge in [-0.3, -0.25) is 4.79 Å². The zero-order valence-electron chi connectivity index (χ0n) is 22.8. The number of nitrogens with zero attached hydrogens (tertiary/aromatic N) is 3. The average Bonchev–Trinajstić information content (AvgIpc) is 2.90. The van der Waals surface area contributed by atoms with E-state index in [2.05, 4.69) is 50.1 Å². The summed E-state index contributed by atoms with van der Waals surface area (Å²) in [6.07, 6.45) is 6.98. The quantitative estimate of drug-likeness (QED) is 0.193. The van der Waals surface area contributed by atoms with Crippen molar-refractivity contribution in [3.8, 4) is 0 Å². The Morgan fingerprint density at radius 3 is 2.47 bits per heavy atom. The van der Waals surface area contributed by atoms with Crippen molar-refractivity contribution in [3.63, 3.8) is 0 Å². The van der Waals surface area contributed by atoms with Crippen LogP contribution in [0.5, 0.6) is 0 Å². The zero-order chi connectivity index (χ0) is 27.0. The second-order valence-electron chi connectivity index (χ2n) is 9.87. The second kappa shape index (κ2) is 16.7. The average molecular weight is 529 g/mol. The largest absolute Gasteiger partial charge is 0.378 e. The predicted molar refractivity (Wildman–Crippen MR) is 151 cm³/mol. The van der Waals surface area contributed by atoms with E-state index in [0.717, 1.165) is 25.8 Å². The first-order valence-corrected chi connectivity index (χ1v) is 13.8. The van der Waals surface area contributed by atoms with Gasteiger partial charge in [-0.1, -0.05) is 39.2 Å². The summed E-state index contributed by atoms with van der Waals surface area (Å²) in [5.41, 5.74) is 6.62. The minimum Gasteiger partial charge on any atom is -0.378 e. The third kappa shape index (κ3) is 11.2. The van der Waals surface area contributed by atoms with Crippen LogP contribution in [0.25, 0.3) is 0 Å². The number of carbonyl (C=O) groups excluding carboxylic acids is 1. The number of hydrogen-bond donors (Lipinski definition) is 5. The molecular formula is C27H44N8O3. The summed E-state index contributed by atoms with van der Waals surface area (Å²) in [6, 6.07) is 7.63. The lowest BCUT2D eigenvalue weighted by Crippen LogP contribution is -2.27. The van der Waals surface area contributed by atoms with Gasteiger partial charge in [-0.2, -0.15) is 15.0 Å². The van der Waals surface area contributed by atoms with Crippen molar-refractivity contribution in [2.45, 2.75) is 58.4 Å². The molecule has 1 fully saturated rings. The molecule has 0 aliphatic heterocycles. The van der Waals surface area contributed by atoms with Gasteiger partial charge in [0.05, 0.1) is 26.4 Å². The van der Waals surface area contributed by atoms with Crippen LogP contribution in [0, 0.1) is 5.92 Å². The zero-order valence-corrected chi connectivity index (χ0v) is 22.8. The van der Waals surface area contributed by atoms with Crippen LogP contribution < -0.4 is 27.0 Å². The molecule has 11 nitrogen and oxygen atoms in total. The maximum absolute atomic E-state index is 12.6. The molecule has 2 aromatic rings. The lowest BCUT2D eigenvalue weighted by Gasteiger charge is -2.23. The fraction of sp³-hybridized carbons (Fsp3) is 0.630. The number of ether oxygens (including phenoxy) is 2. The highest BCUT2D eigenvalue weighted by atomic mass is 16.5. The highest BCUT2D eigenvalue weighted by Gasteiger charge is 2.16. The molecule has 210 valence electrons. The van der Waals surface area contributed by atoms with E-state index in [9.17, 15) is 4.79 Å². The first kappa shape index (κ1) is 29.5. The normalized spacial score (nSPS) is 13.9. The van der Waals surface area contributed by atoms with E-state index in [-0.39, 0.29) is 5.91 Å². The van der Waals surface area contributed by atoms with E-state index in [1.54, 1.807) is 12.1 Å². The van der Waals surface area contributed by atoms with Gasteiger partial charge in [0.25, 0.3) is 5.91 Å². The maximum Gasteiger partial charge on any atom is 0.251 e. The Kier molecular flexibility index (Phi) is 13.0. The number of anilines is 4. The molecule has 1 aliphatic rings. The topological polar surface area (TPSA) is 148 Å². The highest BCUT2D eigenvalue weighted by molar-refractivity contribution is 5.95. The number of rotatable bonds is 17. The van der Waals surface area contributed by atoms with Crippen LogP contribution in [-0.4, -0.2) is 73.0 Å². The van der Waals surface area contributed by atoms with Crippen molar-refractivity contribution in [1.82, 2.24) is 20.3 Å². The lowest BCUT2D eigenvalue weighted by molar-refractivity contribution is 0.0511. The summed E-state index contributed by atoms with van der Waals surface area (Å²) in [5.74, 6) is 1.92. The van der Waals surface area contributed by atoms with Gasteiger partial charge in [0.15, 0.2) is 0 Å². The number of nitrogens with one attached hydrogen (secondary N) is 4. The fourth-order valence-corrected chi connectivity index (χ4v) is 4.09. The third-order valence-electron chi connectivity index (χ3n) is 6.13. The molecule has 38 heavy (non-hydrogen) atoms. The summed E-state index contributed by atoms with van der Waals surface area (Å²) in [4.78, 5) is 26.4. The molecule has 0 radical (unpaired) electrons. The molecule has 1 aromatic heterocycles. The van der Waals surface area contributed by atoms with Gasteiger partial charge >= 0.3 is 0 Å². The van der Waals surface area contributed by atoms with E-state index in [1.807, 2.05) is 12.1 Å². The Bertz CT molecular complexity index is 969. The Morgan fingerprint density at radius 1 is 0.974 bits per heavy atom. The number of nitrogens with two attached hydrogens (primary N) is 1. The minimum atomic E-state index is -0.178. The van der Waals surface area contributed by atoms with E-state index in [4.69, 9.17) is 15.2 Å². The van der Waals surface area contributed by atoms with Gasteiger partial charge in [-0.15, -0.1) is 0 Å². The van der Waals surface area contributed by atoms with Crippen molar-refractivity contribution in [3.05, 3.63) is 29.8 Å². The summed E-state index contributed by atoms with van der Waals surface area (Å²) in [7, 11) is 0. The molecule has 1 aliphatic carbocycles. The van der Waals surface area contributed by atoms with Crippen LogP contribution in [-0.2, 0) is 9.47 Å². The molecule has 0 unspecified atom stereocenters. The number of benzene rings is 1. The maximum atomic E-state index is 12.6. The molecule has 6 N–H and O–H groups in total. The van der Waals surface area contributed by atoms with Crippen LogP contribution in [0.15, 0.2) is 24.3 Å². The molecule has 1 saturated carbocycles. The van der Waals surface area contributed by atoms with Crippen LogP contribution in [0.1, 0.15) is 62.7 Å². The molecule has 0 saturated heterocycles. The Balaban J connectivity index is 1.58. The van der Waals surface area contributed by atoms with Crippen LogP contribution in [0.2, 0.25) is 0 Å². The van der Waals surface area contributed by atoms with Crippen LogP contribution in [0.4, 0.5) is 23.5 Å². The molecule has 0 atom stereocenters. The summed E-state index contributed by atoms with van der Waals surface area (Å²) in [5, 5.41) is 12.9. The fourth-order valence-electron chi connectivity index (χ4n) is 4.09. The van der Waals surface area contributed by atoms with Gasteiger partial charge < -0.3 is 36.5 Å². The summed E-state index contributed by atoms with van der Waals surface area (Å²) in [6.45, 7) is 7.93. The Labute approximate surface area is 226 Å². The van der Waals surface area contributed by atoms with Crippen molar-refractivity contribution in [1.29, 1.82) is 0 Å². The van der Waals surface area contributed by atoms with Gasteiger partial charge in [-0.05, 0) is 43.4 Å². The molecule has 3 rings (SSSR count). The smallest absolute Gasteiger partial charge is 0.251 e. The third-order valence-corrected chi connectivity index (χ3v) is 6.13. The molecular weight excluding hydrogens is 484 g/mol. The monoisotopic (exact) mass is 528 g/mol. The molecule has 1 heterocycles. The summed E-state index contributed by atoms with van der Waals surface area (Å²) < 4.78 is 10.7. The van der Waals surface area contributed by atoms with Gasteiger partial charge in [0, 0.05) is 36.9 Å². The van der Waals surface area contributed by atoms with Crippen molar-refractivity contribution in [2.75, 3.05) is 62.0 Å². The van der Waals surface area contributed by atoms with Crippen molar-refractivity contribution < 1.29 is 14.3 Å².